The molecule has 20 heavy (non-hydrogen) atoms. The first-order valence-corrected chi connectivity index (χ1v) is 5.15. The third-order valence-electron chi connectivity index (χ3n) is 2.71. The van der Waals surface area contributed by atoms with Crippen molar-refractivity contribution in [3.8, 4) is 5.75 Å². The van der Waals surface area contributed by atoms with Gasteiger partial charge in [-0.05, 0) is 12.1 Å². The van der Waals surface area contributed by atoms with Crippen molar-refractivity contribution < 1.29 is 62.1 Å². The minimum Gasteiger partial charge on any atom is -0.545 e. The van der Waals surface area contributed by atoms with E-state index in [1.54, 1.807) is 6.07 Å². The van der Waals surface area contributed by atoms with E-state index in [0.717, 1.165) is 13.2 Å². The van der Waals surface area contributed by atoms with Crippen LogP contribution in [0.1, 0.15) is 5.56 Å². The Morgan fingerprint density at radius 2 is 1.95 bits per heavy atom. The van der Waals surface area contributed by atoms with Gasteiger partial charge in [0.25, 0.3) is 0 Å². The average Bonchev–Trinajstić information content (AvgIpc) is 2.35. The predicted octanol–water partition coefficient (Wildman–Crippen LogP) is -1.88. The van der Waals surface area contributed by atoms with Crippen molar-refractivity contribution in [2.75, 3.05) is 7.11 Å². The molecular formula is C12H8F3NaO4. The molecule has 0 aromatic heterocycles. The molecule has 1 aliphatic heterocycles. The van der Waals surface area contributed by atoms with Crippen molar-refractivity contribution in [2.24, 2.45) is 0 Å². The van der Waals surface area contributed by atoms with Crippen molar-refractivity contribution >= 4 is 12.0 Å². The summed E-state index contributed by atoms with van der Waals surface area (Å²) in [6, 6.07) is 5.72. The molecule has 1 atom stereocenters. The first kappa shape index (κ1) is 17.0. The summed E-state index contributed by atoms with van der Waals surface area (Å²) in [4.78, 5) is 10.9. The number of halogens is 3. The molecule has 0 saturated heterocycles. The van der Waals surface area contributed by atoms with E-state index >= 15 is 0 Å². The molecule has 1 aliphatic rings. The third-order valence-corrected chi connectivity index (χ3v) is 2.71. The SMILES string of the molecule is COC1(C(F)(F)F)Oc2ccccc2C=C1C(=O)[O-].[Na+]. The maximum atomic E-state index is 13.1. The first-order chi connectivity index (χ1) is 8.82. The van der Waals surface area contributed by atoms with E-state index in [9.17, 15) is 23.1 Å². The molecule has 1 aromatic rings. The van der Waals surface area contributed by atoms with Gasteiger partial charge < -0.3 is 19.4 Å². The second-order valence-electron chi connectivity index (χ2n) is 3.80. The molecule has 2 rings (SSSR count). The monoisotopic (exact) mass is 296 g/mol. The van der Waals surface area contributed by atoms with Gasteiger partial charge in [-0.1, -0.05) is 18.2 Å². The van der Waals surface area contributed by atoms with Crippen LogP contribution < -0.4 is 39.4 Å². The van der Waals surface area contributed by atoms with Crippen LogP contribution in [0.4, 0.5) is 13.2 Å². The van der Waals surface area contributed by atoms with Crippen molar-refractivity contribution in [1.82, 2.24) is 0 Å². The molecule has 102 valence electrons. The molecule has 1 heterocycles. The number of fused-ring (bicyclic) bond motifs is 1. The second-order valence-corrected chi connectivity index (χ2v) is 3.80. The Kier molecular flexibility index (Phi) is 4.91. The van der Waals surface area contributed by atoms with Crippen molar-refractivity contribution in [2.45, 2.75) is 12.0 Å². The van der Waals surface area contributed by atoms with Gasteiger partial charge in [-0.3, -0.25) is 0 Å². The number of carboxylic acid groups (broad SMARTS) is 1. The number of rotatable bonds is 2. The van der Waals surface area contributed by atoms with Gasteiger partial charge in [0.2, 0.25) is 0 Å². The number of carbonyl (C=O) groups excluding carboxylic acids is 1. The standard InChI is InChI=1S/C12H9F3O4.Na/c1-18-11(12(13,14)15)8(10(16)17)6-7-4-2-3-5-9(7)19-11;/h2-6H,1H3,(H,16,17);/q;+1/p-1. The number of benzene rings is 1. The third kappa shape index (κ3) is 2.58. The van der Waals surface area contributed by atoms with Gasteiger partial charge in [-0.25, -0.2) is 0 Å². The fourth-order valence-corrected chi connectivity index (χ4v) is 1.82. The molecule has 0 amide bonds. The topological polar surface area (TPSA) is 58.6 Å². The van der Waals surface area contributed by atoms with Crippen LogP contribution in [-0.2, 0) is 9.53 Å². The van der Waals surface area contributed by atoms with Crippen LogP contribution in [0.25, 0.3) is 6.08 Å². The molecular weight excluding hydrogens is 288 g/mol. The molecule has 0 aliphatic carbocycles. The zero-order valence-electron chi connectivity index (χ0n) is 10.7. The van der Waals surface area contributed by atoms with Crippen LogP contribution in [-0.4, -0.2) is 25.0 Å². The number of para-hydroxylation sites is 1. The number of alkyl halides is 3. The van der Waals surface area contributed by atoms with Crippen molar-refractivity contribution in [1.29, 1.82) is 0 Å². The number of hydrogen-bond donors (Lipinski definition) is 0. The normalized spacial score (nSPS) is 21.1. The van der Waals surface area contributed by atoms with E-state index < -0.39 is 23.5 Å². The Morgan fingerprint density at radius 1 is 1.35 bits per heavy atom. The van der Waals surface area contributed by atoms with Gasteiger partial charge in [0.15, 0.2) is 0 Å². The van der Waals surface area contributed by atoms with Gasteiger partial charge in [-0.2, -0.15) is 13.2 Å². The molecule has 1 aromatic carbocycles. The van der Waals surface area contributed by atoms with Crippen LogP contribution in [0.2, 0.25) is 0 Å². The average molecular weight is 296 g/mol. The fraction of sp³-hybridized carbons (Fsp3) is 0.250. The number of methoxy groups -OCH3 is 1. The molecule has 1 unspecified atom stereocenters. The van der Waals surface area contributed by atoms with Gasteiger partial charge in [0.1, 0.15) is 5.75 Å². The number of aliphatic carboxylic acids is 1. The fourth-order valence-electron chi connectivity index (χ4n) is 1.82. The molecule has 8 heteroatoms. The van der Waals surface area contributed by atoms with E-state index in [1.807, 2.05) is 0 Å². The minimum atomic E-state index is -5.07. The largest absolute Gasteiger partial charge is 1.00 e. The Bertz CT molecular complexity index is 556. The number of carboxylic acids is 1. The number of carbonyl (C=O) groups is 1. The van der Waals surface area contributed by atoms with E-state index in [2.05, 4.69) is 4.74 Å². The van der Waals surface area contributed by atoms with Crippen LogP contribution in [0.3, 0.4) is 0 Å². The summed E-state index contributed by atoms with van der Waals surface area (Å²) in [5.74, 6) is -5.49. The van der Waals surface area contributed by atoms with Gasteiger partial charge in [0, 0.05) is 12.7 Å². The Labute approximate surface area is 134 Å². The molecule has 0 radical (unpaired) electrons. The predicted molar refractivity (Wildman–Crippen MR) is 55.8 cm³/mol. The van der Waals surface area contributed by atoms with Crippen LogP contribution in [0.15, 0.2) is 29.8 Å². The van der Waals surface area contributed by atoms with Crippen LogP contribution >= 0.6 is 0 Å². The molecule has 0 saturated carbocycles. The van der Waals surface area contributed by atoms with E-state index in [-0.39, 0.29) is 40.9 Å². The van der Waals surface area contributed by atoms with Crippen LogP contribution in [0.5, 0.6) is 5.75 Å². The smallest absolute Gasteiger partial charge is 0.545 e. The quantitative estimate of drug-likeness (QED) is 0.600. The first-order valence-electron chi connectivity index (χ1n) is 5.15. The number of hydrogen-bond acceptors (Lipinski definition) is 4. The van der Waals surface area contributed by atoms with E-state index in [4.69, 9.17) is 4.74 Å². The minimum absolute atomic E-state index is 0. The van der Waals surface area contributed by atoms with E-state index in [1.165, 1.54) is 18.2 Å². The zero-order valence-corrected chi connectivity index (χ0v) is 12.7. The Hall–Kier alpha value is -1.02. The summed E-state index contributed by atoms with van der Waals surface area (Å²) in [5, 5.41) is 10.9. The summed E-state index contributed by atoms with van der Waals surface area (Å²) in [7, 11) is 0.720. The maximum Gasteiger partial charge on any atom is 1.00 e. The van der Waals surface area contributed by atoms with Gasteiger partial charge >= 0.3 is 41.5 Å². The summed E-state index contributed by atoms with van der Waals surface area (Å²) < 4.78 is 48.5. The zero-order chi connectivity index (χ0) is 14.3. The summed E-state index contributed by atoms with van der Waals surface area (Å²) >= 11 is 0. The summed E-state index contributed by atoms with van der Waals surface area (Å²) in [5.41, 5.74) is -0.917. The second kappa shape index (κ2) is 5.77. The van der Waals surface area contributed by atoms with Crippen molar-refractivity contribution in [3.05, 3.63) is 35.4 Å². The van der Waals surface area contributed by atoms with E-state index in [0.29, 0.717) is 0 Å². The molecule has 0 spiro atoms. The molecule has 0 bridgehead atoms. The van der Waals surface area contributed by atoms with Crippen LogP contribution in [0, 0.1) is 0 Å². The Balaban J connectivity index is 0.00000200. The molecule has 0 N–H and O–H groups in total. The maximum absolute atomic E-state index is 13.1. The molecule has 0 fully saturated rings. The summed E-state index contributed by atoms with van der Waals surface area (Å²) in [6.07, 6.45) is -4.23. The summed E-state index contributed by atoms with van der Waals surface area (Å²) in [6.45, 7) is 0. The van der Waals surface area contributed by atoms with Crippen molar-refractivity contribution in [3.63, 3.8) is 0 Å². The Morgan fingerprint density at radius 3 is 2.45 bits per heavy atom. The molecule has 4 nitrogen and oxygen atoms in total. The number of ether oxygens (including phenoxy) is 2. The van der Waals surface area contributed by atoms with Gasteiger partial charge in [-0.15, -0.1) is 0 Å². The van der Waals surface area contributed by atoms with Gasteiger partial charge in [0.05, 0.1) is 11.5 Å².